The highest BCUT2D eigenvalue weighted by molar-refractivity contribution is 6.71. The van der Waals surface area contributed by atoms with Crippen LogP contribution >= 0.6 is 0 Å². The molecule has 0 aromatic rings. The van der Waals surface area contributed by atoms with E-state index in [4.69, 9.17) is 13.3 Å². The summed E-state index contributed by atoms with van der Waals surface area (Å²) >= 11 is 0. The highest BCUT2D eigenvalue weighted by Gasteiger charge is 2.30. The van der Waals surface area contributed by atoms with Crippen molar-refractivity contribution >= 4 is 16.9 Å². The maximum atomic E-state index is 6.07. The zero-order chi connectivity index (χ0) is 18.3. The fourth-order valence-corrected chi connectivity index (χ4v) is 6.96. The minimum Gasteiger partial charge on any atom is -0.417 e. The van der Waals surface area contributed by atoms with Gasteiger partial charge < -0.3 is 18.6 Å². The van der Waals surface area contributed by atoms with Crippen molar-refractivity contribution in [2.24, 2.45) is 0 Å². The van der Waals surface area contributed by atoms with Crippen molar-refractivity contribution in [2.75, 3.05) is 32.9 Å². The molecule has 0 bridgehead atoms. The van der Waals surface area contributed by atoms with Crippen molar-refractivity contribution in [3.05, 3.63) is 0 Å². The van der Waals surface area contributed by atoms with Crippen molar-refractivity contribution in [1.82, 2.24) is 5.32 Å². The predicted octanol–water partition coefficient (Wildman–Crippen LogP) is 4.91. The lowest BCUT2D eigenvalue weighted by Gasteiger charge is -2.27. The van der Waals surface area contributed by atoms with Gasteiger partial charge in [0.15, 0.2) is 8.32 Å². The second-order valence-corrected chi connectivity index (χ2v) is 15.0. The topological polar surface area (TPSA) is 39.7 Å². The maximum absolute atomic E-state index is 6.07. The van der Waals surface area contributed by atoms with E-state index in [1.165, 1.54) is 12.5 Å². The number of nitrogens with one attached hydrogen (secondary N) is 1. The molecule has 0 saturated carbocycles. The van der Waals surface area contributed by atoms with Crippen LogP contribution in [0.5, 0.6) is 0 Å². The van der Waals surface area contributed by atoms with E-state index in [1.54, 1.807) is 0 Å². The highest BCUT2D eigenvalue weighted by atomic mass is 28.4. The van der Waals surface area contributed by atoms with Crippen LogP contribution in [0.3, 0.4) is 0 Å². The average molecular weight is 378 g/mol. The molecule has 0 amide bonds. The summed E-state index contributed by atoms with van der Waals surface area (Å²) in [5.41, 5.74) is 0. The van der Waals surface area contributed by atoms with Gasteiger partial charge in [0.25, 0.3) is 0 Å². The quantitative estimate of drug-likeness (QED) is 0.289. The molecule has 4 nitrogen and oxygen atoms in total. The molecule has 6 heteroatoms. The Bertz CT molecular complexity index is 283. The van der Waals surface area contributed by atoms with Gasteiger partial charge in [-0.3, -0.25) is 0 Å². The molecule has 0 unspecified atom stereocenters. The lowest BCUT2D eigenvalue weighted by Crippen LogP contribution is -2.40. The van der Waals surface area contributed by atoms with Crippen LogP contribution < -0.4 is 5.32 Å². The van der Waals surface area contributed by atoms with Gasteiger partial charge in [-0.05, 0) is 76.9 Å². The molecule has 24 heavy (non-hydrogen) atoms. The molecule has 0 fully saturated rings. The van der Waals surface area contributed by atoms with Crippen molar-refractivity contribution in [1.29, 1.82) is 0 Å². The summed E-state index contributed by atoms with van der Waals surface area (Å²) in [6, 6.07) is 2.32. The Morgan fingerprint density at radius 3 is 1.62 bits per heavy atom. The number of hydrogen-bond donors (Lipinski definition) is 1. The standard InChI is InChI=1S/C18H43NO3Si2/c1-7-14-20-23(4,5)17-10-12-19-13-11-18-24(6,21-15-8-2)22-16-9-3/h19H,7-18H2,1-6H3. The third-order valence-corrected chi connectivity index (χ3v) is 9.47. The molecule has 0 aliphatic heterocycles. The number of hydrogen-bond acceptors (Lipinski definition) is 4. The Morgan fingerprint density at radius 1 is 0.667 bits per heavy atom. The van der Waals surface area contributed by atoms with Crippen LogP contribution in [0.15, 0.2) is 0 Å². The lowest BCUT2D eigenvalue weighted by atomic mass is 10.4. The molecule has 0 heterocycles. The van der Waals surface area contributed by atoms with Gasteiger partial charge in [-0.15, -0.1) is 0 Å². The second kappa shape index (κ2) is 14.4. The Morgan fingerprint density at radius 2 is 1.12 bits per heavy atom. The number of rotatable bonds is 17. The van der Waals surface area contributed by atoms with Crippen molar-refractivity contribution in [2.45, 2.75) is 84.6 Å². The second-order valence-electron chi connectivity index (χ2n) is 7.40. The lowest BCUT2D eigenvalue weighted by molar-refractivity contribution is 0.172. The van der Waals surface area contributed by atoms with Gasteiger partial charge in [0.05, 0.1) is 0 Å². The van der Waals surface area contributed by atoms with Crippen LogP contribution in [-0.4, -0.2) is 49.8 Å². The van der Waals surface area contributed by atoms with Crippen LogP contribution in [0.4, 0.5) is 0 Å². The summed E-state index contributed by atoms with van der Waals surface area (Å²) in [4.78, 5) is 0. The molecule has 0 rings (SSSR count). The minimum atomic E-state index is -1.96. The van der Waals surface area contributed by atoms with Gasteiger partial charge in [-0.1, -0.05) is 20.8 Å². The Hall–Kier alpha value is 0.274. The van der Waals surface area contributed by atoms with Gasteiger partial charge in [-0.2, -0.15) is 0 Å². The van der Waals surface area contributed by atoms with Gasteiger partial charge in [0.1, 0.15) is 0 Å². The van der Waals surface area contributed by atoms with E-state index >= 15 is 0 Å². The molecule has 1 N–H and O–H groups in total. The molecule has 0 atom stereocenters. The Balaban J connectivity index is 3.81. The molecule has 0 saturated heterocycles. The summed E-state index contributed by atoms with van der Waals surface area (Å²) < 4.78 is 18.1. The van der Waals surface area contributed by atoms with E-state index in [0.29, 0.717) is 0 Å². The highest BCUT2D eigenvalue weighted by Crippen LogP contribution is 2.17. The van der Waals surface area contributed by atoms with Gasteiger partial charge in [-0.25, -0.2) is 0 Å². The third-order valence-electron chi connectivity index (χ3n) is 4.04. The smallest absolute Gasteiger partial charge is 0.334 e. The average Bonchev–Trinajstić information content (AvgIpc) is 2.55. The SMILES string of the molecule is CCCO[Si](C)(C)CCCNCCC[Si](C)(OCCC)OCCC. The van der Waals surface area contributed by atoms with E-state index in [1.807, 2.05) is 0 Å². The van der Waals surface area contributed by atoms with Crippen molar-refractivity contribution in [3.63, 3.8) is 0 Å². The van der Waals surface area contributed by atoms with E-state index in [9.17, 15) is 0 Å². The first-order valence-electron chi connectivity index (χ1n) is 10.0. The normalized spacial score (nSPS) is 12.8. The van der Waals surface area contributed by atoms with Crippen LogP contribution in [0.1, 0.15) is 52.9 Å². The van der Waals surface area contributed by atoms with Crippen LogP contribution in [0.25, 0.3) is 0 Å². The monoisotopic (exact) mass is 377 g/mol. The summed E-state index contributed by atoms with van der Waals surface area (Å²) in [5.74, 6) is 0. The Labute approximate surface area is 153 Å². The zero-order valence-electron chi connectivity index (χ0n) is 17.2. The van der Waals surface area contributed by atoms with Gasteiger partial charge in [0, 0.05) is 19.8 Å². The van der Waals surface area contributed by atoms with E-state index in [0.717, 1.165) is 64.6 Å². The van der Waals surface area contributed by atoms with Gasteiger partial charge in [0.2, 0.25) is 0 Å². The molecule has 0 radical (unpaired) electrons. The van der Waals surface area contributed by atoms with E-state index in [-0.39, 0.29) is 0 Å². The predicted molar refractivity (Wildman–Crippen MR) is 110 cm³/mol. The first-order valence-corrected chi connectivity index (χ1v) is 15.7. The largest absolute Gasteiger partial charge is 0.417 e. The molecule has 146 valence electrons. The summed E-state index contributed by atoms with van der Waals surface area (Å²) in [7, 11) is -3.38. The van der Waals surface area contributed by atoms with Crippen molar-refractivity contribution < 1.29 is 13.3 Å². The molecule has 0 aromatic carbocycles. The van der Waals surface area contributed by atoms with E-state index in [2.05, 4.69) is 45.7 Å². The van der Waals surface area contributed by atoms with Crippen LogP contribution in [-0.2, 0) is 13.3 Å². The summed E-state index contributed by atoms with van der Waals surface area (Å²) in [5, 5.41) is 3.58. The van der Waals surface area contributed by atoms with Crippen LogP contribution in [0.2, 0.25) is 31.7 Å². The third kappa shape index (κ3) is 13.6. The molecule has 0 aliphatic rings. The maximum Gasteiger partial charge on any atom is 0.334 e. The molecule has 0 spiro atoms. The molecule has 0 aliphatic carbocycles. The molecular weight excluding hydrogens is 334 g/mol. The summed E-state index contributed by atoms with van der Waals surface area (Å²) in [6.07, 6.45) is 5.61. The summed E-state index contributed by atoms with van der Waals surface area (Å²) in [6.45, 7) is 18.1. The zero-order valence-corrected chi connectivity index (χ0v) is 19.2. The molecule has 0 aromatic heterocycles. The fourth-order valence-electron chi connectivity index (χ4n) is 2.57. The minimum absolute atomic E-state index is 0.831. The first-order chi connectivity index (χ1) is 11.4. The van der Waals surface area contributed by atoms with Crippen molar-refractivity contribution in [3.8, 4) is 0 Å². The fraction of sp³-hybridized carbons (Fsp3) is 1.00. The van der Waals surface area contributed by atoms with E-state index < -0.39 is 16.9 Å². The van der Waals surface area contributed by atoms with Crippen LogP contribution in [0, 0.1) is 0 Å². The first kappa shape index (κ1) is 24.3. The van der Waals surface area contributed by atoms with Gasteiger partial charge >= 0.3 is 8.56 Å². The molecular formula is C18H43NO3Si2. The Kier molecular flexibility index (Phi) is 14.6.